The topological polar surface area (TPSA) is 77.0 Å². The fraction of sp³-hybridized carbons (Fsp3) is 0.182. The van der Waals surface area contributed by atoms with Gasteiger partial charge in [-0.05, 0) is 12.1 Å². The molecule has 2 aromatic rings. The Labute approximate surface area is 98.7 Å². The molecule has 0 aliphatic carbocycles. The van der Waals surface area contributed by atoms with E-state index < -0.39 is 0 Å². The Bertz CT molecular complexity index is 546. The van der Waals surface area contributed by atoms with Gasteiger partial charge in [0.05, 0.1) is 17.6 Å². The van der Waals surface area contributed by atoms with E-state index in [1.807, 2.05) is 0 Å². The Morgan fingerprint density at radius 1 is 1.41 bits per heavy atom. The predicted octanol–water partition coefficient (Wildman–Crippen LogP) is 0.551. The van der Waals surface area contributed by atoms with Gasteiger partial charge in [-0.25, -0.2) is 4.68 Å². The van der Waals surface area contributed by atoms with Gasteiger partial charge in [0.15, 0.2) is 5.69 Å². The van der Waals surface area contributed by atoms with Crippen molar-refractivity contribution in [2.45, 2.75) is 0 Å². The number of carbonyl (C=O) groups excluding carboxylic acids is 1. The Balaban J connectivity index is 2.33. The average Bonchev–Trinajstić information content (AvgIpc) is 2.77. The van der Waals surface area contributed by atoms with Gasteiger partial charge in [0.25, 0.3) is 5.91 Å². The highest BCUT2D eigenvalue weighted by atomic mass is 16.2. The molecule has 2 aromatic heterocycles. The summed E-state index contributed by atoms with van der Waals surface area (Å²) in [6, 6.07) is 3.40. The molecule has 0 spiro atoms. The summed E-state index contributed by atoms with van der Waals surface area (Å²) in [7, 11) is 3.37. The van der Waals surface area contributed by atoms with Gasteiger partial charge in [-0.2, -0.15) is 5.10 Å². The Kier molecular flexibility index (Phi) is 2.78. The molecule has 0 aliphatic rings. The SMILES string of the molecule is CN(C)C(=O)c1ccn(-c2cncc(N)c2)n1. The molecule has 2 N–H and O–H groups in total. The van der Waals surface area contributed by atoms with Crippen molar-refractivity contribution in [3.8, 4) is 5.69 Å². The van der Waals surface area contributed by atoms with Crippen LogP contribution in [-0.2, 0) is 0 Å². The van der Waals surface area contributed by atoms with Crippen LogP contribution in [0.1, 0.15) is 10.5 Å². The van der Waals surface area contributed by atoms with Crippen LogP contribution >= 0.6 is 0 Å². The number of nitrogen functional groups attached to an aromatic ring is 1. The number of pyridine rings is 1. The van der Waals surface area contributed by atoms with E-state index in [9.17, 15) is 4.79 Å². The number of aromatic nitrogens is 3. The molecule has 6 nitrogen and oxygen atoms in total. The van der Waals surface area contributed by atoms with Gasteiger partial charge in [-0.15, -0.1) is 0 Å². The smallest absolute Gasteiger partial charge is 0.273 e. The molecule has 0 aromatic carbocycles. The summed E-state index contributed by atoms with van der Waals surface area (Å²) < 4.78 is 1.57. The van der Waals surface area contributed by atoms with Crippen molar-refractivity contribution < 1.29 is 4.79 Å². The van der Waals surface area contributed by atoms with Crippen molar-refractivity contribution in [1.29, 1.82) is 0 Å². The first-order valence-electron chi connectivity index (χ1n) is 5.06. The summed E-state index contributed by atoms with van der Waals surface area (Å²) in [4.78, 5) is 17.1. The van der Waals surface area contributed by atoms with Gasteiger partial charge in [-0.3, -0.25) is 9.78 Å². The van der Waals surface area contributed by atoms with E-state index >= 15 is 0 Å². The Morgan fingerprint density at radius 2 is 2.18 bits per heavy atom. The van der Waals surface area contributed by atoms with Gasteiger partial charge in [0, 0.05) is 26.5 Å². The van der Waals surface area contributed by atoms with Crippen LogP contribution in [0.4, 0.5) is 5.69 Å². The minimum atomic E-state index is -0.138. The third kappa shape index (κ3) is 2.25. The largest absolute Gasteiger partial charge is 0.397 e. The Hall–Kier alpha value is -2.37. The third-order valence-corrected chi connectivity index (χ3v) is 2.22. The summed E-state index contributed by atoms with van der Waals surface area (Å²) in [5.41, 5.74) is 7.30. The van der Waals surface area contributed by atoms with Crippen LogP contribution in [0.15, 0.2) is 30.7 Å². The standard InChI is InChI=1S/C11H13N5O/c1-15(2)11(17)10-3-4-16(14-10)9-5-8(12)6-13-7-9/h3-7H,12H2,1-2H3. The molecule has 0 fully saturated rings. The van der Waals surface area contributed by atoms with Gasteiger partial charge in [-0.1, -0.05) is 0 Å². The highest BCUT2D eigenvalue weighted by molar-refractivity contribution is 5.91. The molecule has 0 saturated carbocycles. The molecule has 2 heterocycles. The number of anilines is 1. The number of carbonyl (C=O) groups is 1. The van der Waals surface area contributed by atoms with Crippen LogP contribution in [0.3, 0.4) is 0 Å². The minimum absolute atomic E-state index is 0.138. The first kappa shape index (κ1) is 11.1. The van der Waals surface area contributed by atoms with Crippen LogP contribution in [-0.4, -0.2) is 39.7 Å². The second-order valence-corrected chi connectivity index (χ2v) is 3.82. The maximum Gasteiger partial charge on any atom is 0.273 e. The third-order valence-electron chi connectivity index (χ3n) is 2.22. The zero-order valence-electron chi connectivity index (χ0n) is 9.66. The molecule has 0 unspecified atom stereocenters. The summed E-state index contributed by atoms with van der Waals surface area (Å²) >= 11 is 0. The number of nitrogens with two attached hydrogens (primary N) is 1. The number of nitrogens with zero attached hydrogens (tertiary/aromatic N) is 4. The number of hydrogen-bond acceptors (Lipinski definition) is 4. The van der Waals surface area contributed by atoms with Crippen molar-refractivity contribution in [3.05, 3.63) is 36.4 Å². The molecule has 0 bridgehead atoms. The zero-order valence-corrected chi connectivity index (χ0v) is 9.66. The quantitative estimate of drug-likeness (QED) is 0.818. The predicted molar refractivity (Wildman–Crippen MR) is 63.8 cm³/mol. The lowest BCUT2D eigenvalue weighted by atomic mass is 10.4. The maximum absolute atomic E-state index is 11.7. The van der Waals surface area contributed by atoms with E-state index in [0.717, 1.165) is 5.69 Å². The highest BCUT2D eigenvalue weighted by Crippen LogP contribution is 2.10. The van der Waals surface area contributed by atoms with Crippen LogP contribution in [0, 0.1) is 0 Å². The summed E-state index contributed by atoms with van der Waals surface area (Å²) in [5, 5.41) is 4.17. The molecule has 2 rings (SSSR count). The van der Waals surface area contributed by atoms with Gasteiger partial charge < -0.3 is 10.6 Å². The van der Waals surface area contributed by atoms with Crippen LogP contribution in [0.5, 0.6) is 0 Å². The van der Waals surface area contributed by atoms with Crippen molar-refractivity contribution in [2.75, 3.05) is 19.8 Å². The summed E-state index contributed by atoms with van der Waals surface area (Å²) in [5.74, 6) is -0.138. The molecule has 0 atom stereocenters. The minimum Gasteiger partial charge on any atom is -0.397 e. The first-order chi connectivity index (χ1) is 8.08. The van der Waals surface area contributed by atoms with Crippen LogP contribution in [0.2, 0.25) is 0 Å². The molecular formula is C11H13N5O. The second-order valence-electron chi connectivity index (χ2n) is 3.82. The van der Waals surface area contributed by atoms with Gasteiger partial charge >= 0.3 is 0 Å². The normalized spacial score (nSPS) is 10.2. The lowest BCUT2D eigenvalue weighted by Crippen LogP contribution is -2.22. The van der Waals surface area contributed by atoms with Crippen molar-refractivity contribution >= 4 is 11.6 Å². The van der Waals surface area contributed by atoms with Crippen molar-refractivity contribution in [3.63, 3.8) is 0 Å². The molecule has 0 aliphatic heterocycles. The monoisotopic (exact) mass is 231 g/mol. The van der Waals surface area contributed by atoms with Crippen molar-refractivity contribution in [2.24, 2.45) is 0 Å². The number of hydrogen-bond donors (Lipinski definition) is 1. The first-order valence-corrected chi connectivity index (χ1v) is 5.06. The second kappa shape index (κ2) is 4.25. The lowest BCUT2D eigenvalue weighted by molar-refractivity contribution is 0.0821. The van der Waals surface area contributed by atoms with Crippen LogP contribution < -0.4 is 5.73 Å². The van der Waals surface area contributed by atoms with Gasteiger partial charge in [0.1, 0.15) is 0 Å². The van der Waals surface area contributed by atoms with Crippen molar-refractivity contribution in [1.82, 2.24) is 19.7 Å². The molecule has 88 valence electrons. The van der Waals surface area contributed by atoms with E-state index in [-0.39, 0.29) is 5.91 Å². The number of rotatable bonds is 2. The van der Waals surface area contributed by atoms with E-state index in [4.69, 9.17) is 5.73 Å². The fourth-order valence-corrected chi connectivity index (χ4v) is 1.38. The van der Waals surface area contributed by atoms with E-state index in [1.165, 1.54) is 4.90 Å². The lowest BCUT2D eigenvalue weighted by Gasteiger charge is -2.07. The van der Waals surface area contributed by atoms with Crippen LogP contribution in [0.25, 0.3) is 5.69 Å². The zero-order chi connectivity index (χ0) is 12.4. The van der Waals surface area contributed by atoms with E-state index in [1.54, 1.807) is 49.5 Å². The van der Waals surface area contributed by atoms with Gasteiger partial charge in [0.2, 0.25) is 0 Å². The fourth-order valence-electron chi connectivity index (χ4n) is 1.38. The number of amides is 1. The van der Waals surface area contributed by atoms with E-state index in [0.29, 0.717) is 11.4 Å². The summed E-state index contributed by atoms with van der Waals surface area (Å²) in [6.45, 7) is 0. The average molecular weight is 231 g/mol. The maximum atomic E-state index is 11.7. The Morgan fingerprint density at radius 3 is 2.82 bits per heavy atom. The van der Waals surface area contributed by atoms with E-state index in [2.05, 4.69) is 10.1 Å². The molecule has 17 heavy (non-hydrogen) atoms. The molecular weight excluding hydrogens is 218 g/mol. The highest BCUT2D eigenvalue weighted by Gasteiger charge is 2.11. The summed E-state index contributed by atoms with van der Waals surface area (Å²) in [6.07, 6.45) is 4.89. The molecule has 0 radical (unpaired) electrons. The molecule has 6 heteroatoms. The molecule has 1 amide bonds. The molecule has 0 saturated heterocycles.